The van der Waals surface area contributed by atoms with Gasteiger partial charge >= 0.3 is 0 Å². The number of nitrogens with zero attached hydrogens (tertiary/aromatic N) is 1. The zero-order chi connectivity index (χ0) is 14.7. The first-order valence-electron chi connectivity index (χ1n) is 7.03. The molecule has 0 aliphatic carbocycles. The van der Waals surface area contributed by atoms with Crippen molar-refractivity contribution >= 4 is 5.91 Å². The Morgan fingerprint density at radius 2 is 2.20 bits per heavy atom. The molecule has 0 spiro atoms. The summed E-state index contributed by atoms with van der Waals surface area (Å²) in [6.45, 7) is 3.01. The van der Waals surface area contributed by atoms with Crippen LogP contribution in [-0.4, -0.2) is 29.9 Å². The number of halogens is 2. The number of carbonyl (C=O) groups is 1. The van der Waals surface area contributed by atoms with Crippen molar-refractivity contribution in [3.8, 4) is 0 Å². The second-order valence-corrected chi connectivity index (χ2v) is 5.29. The predicted molar refractivity (Wildman–Crippen MR) is 73.3 cm³/mol. The summed E-state index contributed by atoms with van der Waals surface area (Å²) in [6.07, 6.45) is 2.76. The van der Waals surface area contributed by atoms with Gasteiger partial charge in [-0.3, -0.25) is 4.79 Å². The molecule has 2 atom stereocenters. The molecule has 2 rings (SSSR count). The molecule has 1 aliphatic heterocycles. The second-order valence-electron chi connectivity index (χ2n) is 5.29. The molecule has 20 heavy (non-hydrogen) atoms. The monoisotopic (exact) mass is 282 g/mol. The minimum Gasteiger partial charge on any atom is -0.334 e. The van der Waals surface area contributed by atoms with E-state index in [0.29, 0.717) is 19.0 Å². The van der Waals surface area contributed by atoms with Gasteiger partial charge in [0.15, 0.2) is 11.6 Å². The highest BCUT2D eigenvalue weighted by molar-refractivity contribution is 5.94. The fourth-order valence-corrected chi connectivity index (χ4v) is 2.82. The number of nitrogens with two attached hydrogens (primary N) is 1. The minimum atomic E-state index is -1.08. The van der Waals surface area contributed by atoms with Crippen molar-refractivity contribution in [1.82, 2.24) is 4.90 Å². The molecule has 1 aromatic rings. The highest BCUT2D eigenvalue weighted by Gasteiger charge is 2.32. The Morgan fingerprint density at radius 1 is 1.45 bits per heavy atom. The molecule has 1 saturated heterocycles. The van der Waals surface area contributed by atoms with Gasteiger partial charge in [0.05, 0.1) is 5.56 Å². The summed E-state index contributed by atoms with van der Waals surface area (Å²) in [5.74, 6) is -1.99. The number of hydrogen-bond donors (Lipinski definition) is 1. The highest BCUT2D eigenvalue weighted by atomic mass is 19.2. The summed E-state index contributed by atoms with van der Waals surface area (Å²) in [5, 5.41) is 0. The summed E-state index contributed by atoms with van der Waals surface area (Å²) >= 11 is 0. The van der Waals surface area contributed by atoms with Gasteiger partial charge in [0.1, 0.15) is 0 Å². The number of carbonyl (C=O) groups excluding carboxylic acids is 1. The summed E-state index contributed by atoms with van der Waals surface area (Å²) in [6, 6.07) is 3.58. The number of rotatable bonds is 3. The van der Waals surface area contributed by atoms with Gasteiger partial charge in [0, 0.05) is 19.1 Å². The van der Waals surface area contributed by atoms with E-state index in [1.807, 2.05) is 0 Å². The third kappa shape index (κ3) is 2.82. The zero-order valence-electron chi connectivity index (χ0n) is 11.6. The molecule has 1 heterocycles. The Balaban J connectivity index is 2.22. The van der Waals surface area contributed by atoms with E-state index in [9.17, 15) is 13.6 Å². The smallest absolute Gasteiger partial charge is 0.257 e. The quantitative estimate of drug-likeness (QED) is 0.926. The Bertz CT molecular complexity index is 493. The van der Waals surface area contributed by atoms with Crippen LogP contribution in [0.2, 0.25) is 0 Å². The summed E-state index contributed by atoms with van der Waals surface area (Å²) < 4.78 is 27.0. The van der Waals surface area contributed by atoms with Crippen LogP contribution in [0.5, 0.6) is 0 Å². The van der Waals surface area contributed by atoms with Gasteiger partial charge < -0.3 is 10.6 Å². The fourth-order valence-electron chi connectivity index (χ4n) is 2.82. The number of hydrogen-bond acceptors (Lipinski definition) is 2. The maximum Gasteiger partial charge on any atom is 0.257 e. The van der Waals surface area contributed by atoms with Crippen molar-refractivity contribution in [3.05, 3.63) is 35.4 Å². The van der Waals surface area contributed by atoms with Gasteiger partial charge in [-0.2, -0.15) is 0 Å². The van der Waals surface area contributed by atoms with Crippen LogP contribution in [0.4, 0.5) is 8.78 Å². The van der Waals surface area contributed by atoms with Gasteiger partial charge in [0.2, 0.25) is 0 Å². The number of piperidine rings is 1. The van der Waals surface area contributed by atoms with Crippen LogP contribution in [0.3, 0.4) is 0 Å². The molecule has 1 fully saturated rings. The van der Waals surface area contributed by atoms with Gasteiger partial charge in [-0.05, 0) is 30.9 Å². The van der Waals surface area contributed by atoms with Gasteiger partial charge in [-0.25, -0.2) is 8.78 Å². The molecule has 3 nitrogen and oxygen atoms in total. The second kappa shape index (κ2) is 6.31. The lowest BCUT2D eigenvalue weighted by Gasteiger charge is -2.39. The predicted octanol–water partition coefficient (Wildman–Crippen LogP) is 2.55. The van der Waals surface area contributed by atoms with Crippen LogP contribution in [-0.2, 0) is 0 Å². The lowest BCUT2D eigenvalue weighted by atomic mass is 9.88. The first kappa shape index (κ1) is 14.9. The average Bonchev–Trinajstić information content (AvgIpc) is 2.48. The average molecular weight is 282 g/mol. The van der Waals surface area contributed by atoms with E-state index in [0.717, 1.165) is 25.3 Å². The molecule has 2 N–H and O–H groups in total. The molecule has 5 heteroatoms. The van der Waals surface area contributed by atoms with E-state index in [1.165, 1.54) is 12.1 Å². The van der Waals surface area contributed by atoms with Gasteiger partial charge in [-0.15, -0.1) is 0 Å². The van der Waals surface area contributed by atoms with E-state index >= 15 is 0 Å². The van der Waals surface area contributed by atoms with E-state index in [4.69, 9.17) is 5.73 Å². The summed E-state index contributed by atoms with van der Waals surface area (Å²) in [7, 11) is 0. The molecule has 0 bridgehead atoms. The molecule has 0 saturated carbocycles. The van der Waals surface area contributed by atoms with E-state index < -0.39 is 17.5 Å². The van der Waals surface area contributed by atoms with Gasteiger partial charge in [-0.1, -0.05) is 19.4 Å². The molecule has 1 aromatic carbocycles. The zero-order valence-corrected chi connectivity index (χ0v) is 11.6. The van der Waals surface area contributed by atoms with Crippen molar-refractivity contribution in [1.29, 1.82) is 0 Å². The summed E-state index contributed by atoms with van der Waals surface area (Å²) in [5.41, 5.74) is 5.52. The SMILES string of the molecule is CCC1CCN(C(=O)c2cccc(F)c2F)C(CN)C1. The molecule has 1 aliphatic rings. The first-order chi connectivity index (χ1) is 9.58. The lowest BCUT2D eigenvalue weighted by molar-refractivity contribution is 0.0553. The van der Waals surface area contributed by atoms with Crippen molar-refractivity contribution in [2.45, 2.75) is 32.2 Å². The lowest BCUT2D eigenvalue weighted by Crippen LogP contribution is -2.49. The minimum absolute atomic E-state index is 0.0936. The Labute approximate surface area is 117 Å². The van der Waals surface area contributed by atoms with Crippen molar-refractivity contribution in [2.75, 3.05) is 13.1 Å². The van der Waals surface area contributed by atoms with Crippen molar-refractivity contribution in [2.24, 2.45) is 11.7 Å². The molecule has 2 unspecified atom stereocenters. The Hall–Kier alpha value is -1.49. The third-order valence-electron chi connectivity index (χ3n) is 4.12. The Morgan fingerprint density at radius 3 is 2.85 bits per heavy atom. The van der Waals surface area contributed by atoms with Crippen LogP contribution >= 0.6 is 0 Å². The number of benzene rings is 1. The van der Waals surface area contributed by atoms with E-state index in [2.05, 4.69) is 6.92 Å². The normalized spacial score (nSPS) is 22.9. The maximum atomic E-state index is 13.7. The molecular weight excluding hydrogens is 262 g/mol. The van der Waals surface area contributed by atoms with Crippen LogP contribution in [0.1, 0.15) is 36.5 Å². The van der Waals surface area contributed by atoms with Crippen molar-refractivity contribution < 1.29 is 13.6 Å². The molecule has 1 amide bonds. The van der Waals surface area contributed by atoms with Crippen molar-refractivity contribution in [3.63, 3.8) is 0 Å². The topological polar surface area (TPSA) is 46.3 Å². The third-order valence-corrected chi connectivity index (χ3v) is 4.12. The largest absolute Gasteiger partial charge is 0.334 e. The number of amides is 1. The Kier molecular flexibility index (Phi) is 4.70. The van der Waals surface area contributed by atoms with E-state index in [-0.39, 0.29) is 11.6 Å². The molecule has 0 aromatic heterocycles. The van der Waals surface area contributed by atoms with Crippen LogP contribution in [0.25, 0.3) is 0 Å². The van der Waals surface area contributed by atoms with Crippen LogP contribution in [0, 0.1) is 17.6 Å². The molecule has 0 radical (unpaired) electrons. The number of likely N-dealkylation sites (tertiary alicyclic amines) is 1. The highest BCUT2D eigenvalue weighted by Crippen LogP contribution is 2.27. The van der Waals surface area contributed by atoms with Gasteiger partial charge in [0.25, 0.3) is 5.91 Å². The van der Waals surface area contributed by atoms with E-state index in [1.54, 1.807) is 4.90 Å². The first-order valence-corrected chi connectivity index (χ1v) is 7.03. The molecule has 110 valence electrons. The standard InChI is InChI=1S/C15H20F2N2O/c1-2-10-6-7-19(11(8-10)9-18)15(20)12-4-3-5-13(16)14(12)17/h3-5,10-11H,2,6-9,18H2,1H3. The summed E-state index contributed by atoms with van der Waals surface area (Å²) in [4.78, 5) is 14.0. The molecular formula is C15H20F2N2O. The van der Waals surface area contributed by atoms with Crippen LogP contribution in [0.15, 0.2) is 18.2 Å². The fraction of sp³-hybridized carbons (Fsp3) is 0.533. The maximum absolute atomic E-state index is 13.7. The van der Waals surface area contributed by atoms with Crippen LogP contribution < -0.4 is 5.73 Å².